The molecule has 0 amide bonds. The van der Waals surface area contributed by atoms with Gasteiger partial charge in [-0.15, -0.1) is 11.3 Å². The molecule has 3 heterocycles. The second-order valence-electron chi connectivity index (χ2n) is 10.8. The van der Waals surface area contributed by atoms with Crippen LogP contribution >= 0.6 is 11.3 Å². The van der Waals surface area contributed by atoms with Crippen molar-refractivity contribution in [2.45, 2.75) is 0 Å². The predicted molar refractivity (Wildman–Crippen MR) is 209 cm³/mol. The average molecular weight is 678 g/mol. The average Bonchev–Trinajstić information content (AvgIpc) is 3.93. The molecule has 5 heteroatoms. The first-order valence-corrected chi connectivity index (χ1v) is 15.8. The van der Waals surface area contributed by atoms with Gasteiger partial charge in [0.05, 0.1) is 45.5 Å². The molecule has 0 bridgehead atoms. The first-order chi connectivity index (χ1) is 33.5. The van der Waals surface area contributed by atoms with Crippen molar-refractivity contribution in [2.24, 2.45) is 0 Å². The van der Waals surface area contributed by atoms with Crippen molar-refractivity contribution >= 4 is 53.3 Å². The van der Waals surface area contributed by atoms with Crippen molar-refractivity contribution in [3.05, 3.63) is 169 Å². The van der Waals surface area contributed by atoms with Crippen LogP contribution in [0.5, 0.6) is 0 Å². The van der Waals surface area contributed by atoms with Crippen molar-refractivity contribution in [2.75, 3.05) is 0 Å². The molecule has 0 atom stereocenters. The second-order valence-corrected chi connectivity index (χ2v) is 11.9. The number of nitrogens with zero attached hydrogens (tertiary/aromatic N) is 4. The van der Waals surface area contributed by atoms with Crippen molar-refractivity contribution in [3.63, 3.8) is 0 Å². The fraction of sp³-hybridized carbons (Fsp3) is 0. The highest BCUT2D eigenvalue weighted by Crippen LogP contribution is 2.41. The van der Waals surface area contributed by atoms with Crippen molar-refractivity contribution in [1.82, 2.24) is 19.5 Å². The molecule has 3 aromatic heterocycles. The molecule has 4 nitrogen and oxygen atoms in total. The van der Waals surface area contributed by atoms with Gasteiger partial charge in [-0.05, 0) is 47.4 Å². The van der Waals surface area contributed by atoms with Gasteiger partial charge in [0.25, 0.3) is 0 Å². The van der Waals surface area contributed by atoms with Crippen molar-refractivity contribution in [1.29, 1.82) is 0 Å². The van der Waals surface area contributed by atoms with E-state index in [0.29, 0.717) is 4.70 Å². The van der Waals surface area contributed by atoms with Gasteiger partial charge in [-0.2, -0.15) is 0 Å². The molecule has 234 valence electrons. The molecule has 0 saturated carbocycles. The molecule has 0 unspecified atom stereocenters. The monoisotopic (exact) mass is 677 g/mol. The summed E-state index contributed by atoms with van der Waals surface area (Å²) >= 11 is 1.33. The van der Waals surface area contributed by atoms with Crippen LogP contribution in [0.4, 0.5) is 0 Å². The Balaban J connectivity index is 1.45. The van der Waals surface area contributed by atoms with Gasteiger partial charge in [-0.25, -0.2) is 15.0 Å². The SMILES string of the molecule is [2H]c1c([2H])c([2H])c(-c2c([2H])c([2H])c([2H])c([2H])c2-c2nc(-c3c([2H])c([2H])c([2H])c([2H])c3-n3c4c([2H])c([2H])c([2H])c([2H])c4c4c([2H])c([2H])c([2H])c([2H])c43)nc(-c3cccc4c3sc3ccccc34)n2)c([2H])c1[2H]. The number of rotatable bonds is 5. The summed E-state index contributed by atoms with van der Waals surface area (Å²) in [5, 5.41) is 0.745. The largest absolute Gasteiger partial charge is 0.309 e. The zero-order valence-electron chi connectivity index (χ0n) is 46.2. The summed E-state index contributed by atoms with van der Waals surface area (Å²) < 4.78 is 189. The number of benzene rings is 7. The molecular formula is C45H28N4S. The van der Waals surface area contributed by atoms with Crippen LogP contribution < -0.4 is 0 Å². The Morgan fingerprint density at radius 3 is 1.76 bits per heavy atom. The van der Waals surface area contributed by atoms with E-state index in [2.05, 4.69) is 4.98 Å². The van der Waals surface area contributed by atoms with Gasteiger partial charge >= 0.3 is 0 Å². The molecule has 0 aliphatic carbocycles. The van der Waals surface area contributed by atoms with Crippen LogP contribution in [0, 0.1) is 0 Å². The summed E-state index contributed by atoms with van der Waals surface area (Å²) in [7, 11) is 0. The summed E-state index contributed by atoms with van der Waals surface area (Å²) in [6.07, 6.45) is 0. The molecule has 0 saturated heterocycles. The van der Waals surface area contributed by atoms with Gasteiger partial charge < -0.3 is 4.57 Å². The van der Waals surface area contributed by atoms with Crippen LogP contribution in [0.25, 0.3) is 93.0 Å². The van der Waals surface area contributed by atoms with Gasteiger partial charge in [-0.3, -0.25) is 0 Å². The minimum absolute atomic E-state index is 0.258. The third-order valence-electron chi connectivity index (χ3n) is 8.09. The van der Waals surface area contributed by atoms with E-state index in [4.69, 9.17) is 31.9 Å². The van der Waals surface area contributed by atoms with Crippen LogP contribution in [0.2, 0.25) is 0 Å². The lowest BCUT2D eigenvalue weighted by molar-refractivity contribution is 1.07. The van der Waals surface area contributed by atoms with Gasteiger partial charge in [0.1, 0.15) is 0 Å². The summed E-state index contributed by atoms with van der Waals surface area (Å²) in [6.45, 7) is 0. The van der Waals surface area contributed by atoms with Crippen LogP contribution in [0.1, 0.15) is 28.8 Å². The van der Waals surface area contributed by atoms with Crippen molar-refractivity contribution < 1.29 is 28.8 Å². The maximum atomic E-state index is 9.53. The van der Waals surface area contributed by atoms with Gasteiger partial charge in [0, 0.05) is 47.6 Å². The lowest BCUT2D eigenvalue weighted by atomic mass is 9.99. The van der Waals surface area contributed by atoms with E-state index in [9.17, 15) is 6.85 Å². The normalized spacial score (nSPS) is 17.5. The lowest BCUT2D eigenvalue weighted by Crippen LogP contribution is -2.04. The maximum Gasteiger partial charge on any atom is 0.166 e. The first-order valence-electron chi connectivity index (χ1n) is 25.5. The van der Waals surface area contributed by atoms with Crippen molar-refractivity contribution in [3.8, 4) is 51.0 Å². The number of hydrogen-bond donors (Lipinski definition) is 0. The molecule has 10 rings (SSSR count). The van der Waals surface area contributed by atoms with Crippen LogP contribution in [-0.4, -0.2) is 19.5 Å². The van der Waals surface area contributed by atoms with Gasteiger partial charge in [0.15, 0.2) is 17.5 Å². The molecule has 10 aromatic rings. The van der Waals surface area contributed by atoms with Crippen LogP contribution in [0.3, 0.4) is 0 Å². The van der Waals surface area contributed by atoms with E-state index < -0.39 is 188 Å². The third-order valence-corrected chi connectivity index (χ3v) is 9.31. The number of para-hydroxylation sites is 3. The Kier molecular flexibility index (Phi) is 3.39. The number of hydrogen-bond acceptors (Lipinski definition) is 4. The molecule has 7 aromatic carbocycles. The molecule has 0 aliphatic heterocycles. The molecule has 0 aliphatic rings. The molecule has 0 radical (unpaired) electrons. The van der Waals surface area contributed by atoms with Gasteiger partial charge in [0.2, 0.25) is 0 Å². The zero-order chi connectivity index (χ0) is 51.3. The molecular weight excluding hydrogens is 629 g/mol. The minimum atomic E-state index is -0.893. The minimum Gasteiger partial charge on any atom is -0.309 e. The van der Waals surface area contributed by atoms with Gasteiger partial charge in [-0.1, -0.05) is 133 Å². The van der Waals surface area contributed by atoms with Crippen LogP contribution in [0.15, 0.2) is 169 Å². The molecule has 0 spiro atoms. The number of aromatic nitrogens is 4. The highest BCUT2D eigenvalue weighted by Gasteiger charge is 2.21. The topological polar surface area (TPSA) is 43.6 Å². The predicted octanol–water partition coefficient (Wildman–Crippen LogP) is 12.0. The van der Waals surface area contributed by atoms with Crippen LogP contribution in [-0.2, 0) is 0 Å². The van der Waals surface area contributed by atoms with E-state index in [1.54, 1.807) is 12.1 Å². The second kappa shape index (κ2) is 11.6. The quantitative estimate of drug-likeness (QED) is 0.182. The van der Waals surface area contributed by atoms with E-state index in [1.165, 1.54) is 11.3 Å². The zero-order valence-corrected chi connectivity index (χ0v) is 26.1. The lowest BCUT2D eigenvalue weighted by Gasteiger charge is -2.15. The standard InChI is InChI=1S/C45H28N4S/c1-2-15-29(16-3-1)30-17-4-5-21-35(30)43-46-44(48-45(47-43)37-24-14-23-34-33-20-9-13-28-41(33)50-42(34)37)36-22-8-12-27-40(36)49-38-25-10-6-18-31(38)32-19-7-11-26-39(32)49/h1-28H/i1D,2D,3D,4D,5D,6D,7D,8D,10D,11D,12D,15D,16D,17D,18D,19D,21D,22D,25D,26D,27D. The summed E-state index contributed by atoms with van der Waals surface area (Å²) in [6, 6.07) is -4.71. The molecule has 0 N–H and O–H groups in total. The number of thiophene rings is 1. The number of fused-ring (bicyclic) bond motifs is 6. The maximum absolute atomic E-state index is 9.53. The van der Waals surface area contributed by atoms with E-state index >= 15 is 0 Å². The highest BCUT2D eigenvalue weighted by atomic mass is 32.1. The summed E-state index contributed by atoms with van der Waals surface area (Å²) in [5.74, 6) is -1.55. The fourth-order valence-electron chi connectivity index (χ4n) is 5.97. The Hall–Kier alpha value is -6.43. The third kappa shape index (κ3) is 4.55. The Bertz CT molecular complexity index is 3990. The van der Waals surface area contributed by atoms with E-state index in [1.807, 2.05) is 30.3 Å². The van der Waals surface area contributed by atoms with E-state index in [-0.39, 0.29) is 11.4 Å². The summed E-state index contributed by atoms with van der Waals surface area (Å²) in [5.41, 5.74) is -3.90. The Morgan fingerprint density at radius 1 is 0.440 bits per heavy atom. The smallest absolute Gasteiger partial charge is 0.166 e. The molecule has 0 fully saturated rings. The molecule has 50 heavy (non-hydrogen) atoms. The van der Waals surface area contributed by atoms with E-state index in [0.717, 1.165) is 20.0 Å². The highest BCUT2D eigenvalue weighted by molar-refractivity contribution is 7.26. The Morgan fingerprint density at radius 2 is 1.00 bits per heavy atom. The Labute approximate surface area is 322 Å². The fourth-order valence-corrected chi connectivity index (χ4v) is 7.18. The summed E-state index contributed by atoms with van der Waals surface area (Å²) in [4.78, 5) is 14.2. The first kappa shape index (κ1) is 14.6.